The normalized spacial score (nSPS) is 18.2. The van der Waals surface area contributed by atoms with Crippen molar-refractivity contribution in [3.8, 4) is 5.75 Å². The molecule has 1 aliphatic heterocycles. The van der Waals surface area contributed by atoms with Crippen LogP contribution in [-0.2, 0) is 11.3 Å². The lowest BCUT2D eigenvalue weighted by Crippen LogP contribution is -2.43. The number of benzene rings is 1. The molecule has 2 heterocycles. The molecule has 162 valence electrons. The van der Waals surface area contributed by atoms with Crippen LogP contribution in [0.3, 0.4) is 0 Å². The molecule has 1 aromatic heterocycles. The van der Waals surface area contributed by atoms with E-state index in [9.17, 15) is 9.18 Å². The third-order valence-corrected chi connectivity index (χ3v) is 5.58. The number of likely N-dealkylation sites (tertiary alicyclic amines) is 1. The van der Waals surface area contributed by atoms with Crippen molar-refractivity contribution in [2.75, 3.05) is 20.2 Å². The molecule has 1 fully saturated rings. The number of rotatable bonds is 8. The second kappa shape index (κ2) is 10.5. The quantitative estimate of drug-likeness (QED) is 0.699. The standard InChI is InChI=1S/C24H32FN3O2/c1-17(2)13-23(29)27-24(22-8-4-5-11-26-22)19-7-6-12-28(16-19)15-18-9-10-20(30-3)14-21(18)25/h4-5,8-11,14,17,19,24H,6-7,12-13,15-16H2,1-3H3,(H,27,29)/t19-,24-/m1/s1. The van der Waals surface area contributed by atoms with Gasteiger partial charge in [-0.1, -0.05) is 26.0 Å². The van der Waals surface area contributed by atoms with Gasteiger partial charge in [-0.3, -0.25) is 14.7 Å². The van der Waals surface area contributed by atoms with E-state index in [2.05, 4.69) is 15.2 Å². The lowest BCUT2D eigenvalue weighted by Gasteiger charge is -2.37. The monoisotopic (exact) mass is 413 g/mol. The van der Waals surface area contributed by atoms with Crippen molar-refractivity contribution in [1.29, 1.82) is 0 Å². The highest BCUT2D eigenvalue weighted by Crippen LogP contribution is 2.30. The fraction of sp³-hybridized carbons (Fsp3) is 0.500. The van der Waals surface area contributed by atoms with E-state index >= 15 is 0 Å². The molecule has 0 aliphatic carbocycles. The Hall–Kier alpha value is -2.47. The van der Waals surface area contributed by atoms with Crippen molar-refractivity contribution in [2.45, 2.75) is 45.7 Å². The second-order valence-corrected chi connectivity index (χ2v) is 8.49. The van der Waals surface area contributed by atoms with Gasteiger partial charge in [0.15, 0.2) is 0 Å². The third-order valence-electron chi connectivity index (χ3n) is 5.58. The van der Waals surface area contributed by atoms with Gasteiger partial charge < -0.3 is 10.1 Å². The number of amides is 1. The van der Waals surface area contributed by atoms with Crippen LogP contribution in [0.4, 0.5) is 4.39 Å². The highest BCUT2D eigenvalue weighted by Gasteiger charge is 2.30. The van der Waals surface area contributed by atoms with Gasteiger partial charge in [0.05, 0.1) is 18.8 Å². The summed E-state index contributed by atoms with van der Waals surface area (Å²) >= 11 is 0. The highest BCUT2D eigenvalue weighted by atomic mass is 19.1. The molecule has 0 spiro atoms. The lowest BCUT2D eigenvalue weighted by atomic mass is 9.88. The van der Waals surface area contributed by atoms with Crippen LogP contribution in [0, 0.1) is 17.7 Å². The van der Waals surface area contributed by atoms with Crippen LogP contribution in [0.1, 0.15) is 50.4 Å². The van der Waals surface area contributed by atoms with Gasteiger partial charge >= 0.3 is 0 Å². The van der Waals surface area contributed by atoms with Crippen molar-refractivity contribution >= 4 is 5.91 Å². The van der Waals surface area contributed by atoms with Crippen molar-refractivity contribution < 1.29 is 13.9 Å². The molecule has 5 nitrogen and oxygen atoms in total. The van der Waals surface area contributed by atoms with Crippen LogP contribution >= 0.6 is 0 Å². The number of hydrogen-bond donors (Lipinski definition) is 1. The van der Waals surface area contributed by atoms with E-state index in [0.717, 1.165) is 31.6 Å². The third kappa shape index (κ3) is 6.02. The fourth-order valence-corrected chi connectivity index (χ4v) is 4.13. The number of aromatic nitrogens is 1. The molecule has 1 saturated heterocycles. The zero-order valence-electron chi connectivity index (χ0n) is 18.1. The molecule has 2 aromatic rings. The van der Waals surface area contributed by atoms with Gasteiger partial charge in [0.1, 0.15) is 11.6 Å². The Morgan fingerprint density at radius 2 is 2.17 bits per heavy atom. The van der Waals surface area contributed by atoms with Crippen LogP contribution in [-0.4, -0.2) is 36.0 Å². The minimum absolute atomic E-state index is 0.0546. The summed E-state index contributed by atoms with van der Waals surface area (Å²) < 4.78 is 19.5. The van der Waals surface area contributed by atoms with Crippen molar-refractivity contribution in [3.63, 3.8) is 0 Å². The van der Waals surface area contributed by atoms with Crippen LogP contribution in [0.15, 0.2) is 42.6 Å². The average molecular weight is 414 g/mol. The van der Waals surface area contributed by atoms with Gasteiger partial charge in [-0.15, -0.1) is 0 Å². The van der Waals surface area contributed by atoms with Crippen LogP contribution in [0.25, 0.3) is 0 Å². The predicted octanol–water partition coefficient (Wildman–Crippen LogP) is 4.34. The average Bonchev–Trinajstić information content (AvgIpc) is 2.74. The molecule has 1 N–H and O–H groups in total. The molecule has 3 rings (SSSR count). The number of carbonyl (C=O) groups excluding carboxylic acids is 1. The topological polar surface area (TPSA) is 54.5 Å². The Bertz CT molecular complexity index is 828. The molecule has 0 unspecified atom stereocenters. The van der Waals surface area contributed by atoms with E-state index < -0.39 is 0 Å². The summed E-state index contributed by atoms with van der Waals surface area (Å²) in [6.45, 7) is 6.33. The molecule has 1 aliphatic rings. The zero-order chi connectivity index (χ0) is 21.5. The van der Waals surface area contributed by atoms with Crippen LogP contribution in [0.2, 0.25) is 0 Å². The maximum Gasteiger partial charge on any atom is 0.220 e. The number of pyridine rings is 1. The molecule has 30 heavy (non-hydrogen) atoms. The van der Waals surface area contributed by atoms with Gasteiger partial charge in [0.2, 0.25) is 5.91 Å². The van der Waals surface area contributed by atoms with E-state index in [1.807, 2.05) is 32.0 Å². The maximum atomic E-state index is 14.4. The number of piperidine rings is 1. The summed E-state index contributed by atoms with van der Waals surface area (Å²) in [4.78, 5) is 19.3. The van der Waals surface area contributed by atoms with Crippen molar-refractivity contribution in [2.24, 2.45) is 11.8 Å². The van der Waals surface area contributed by atoms with Crippen LogP contribution in [0.5, 0.6) is 5.75 Å². The number of carbonyl (C=O) groups is 1. The van der Waals surface area contributed by atoms with E-state index in [1.165, 1.54) is 13.2 Å². The molecule has 0 radical (unpaired) electrons. The Balaban J connectivity index is 1.73. The molecular weight excluding hydrogens is 381 g/mol. The second-order valence-electron chi connectivity index (χ2n) is 8.49. The number of hydrogen-bond acceptors (Lipinski definition) is 4. The number of methoxy groups -OCH3 is 1. The minimum atomic E-state index is -0.247. The SMILES string of the molecule is COc1ccc(CN2CCC[C@@H]([C@@H](NC(=O)CC(C)C)c3ccccn3)C2)c(F)c1. The van der Waals surface area contributed by atoms with Gasteiger partial charge in [0.25, 0.3) is 0 Å². The number of ether oxygens (including phenoxy) is 1. The largest absolute Gasteiger partial charge is 0.497 e. The number of nitrogens with one attached hydrogen (secondary N) is 1. The summed E-state index contributed by atoms with van der Waals surface area (Å²) in [5.41, 5.74) is 1.55. The maximum absolute atomic E-state index is 14.4. The van der Waals surface area contributed by atoms with Gasteiger partial charge in [-0.05, 0) is 49.4 Å². The summed E-state index contributed by atoms with van der Waals surface area (Å²) in [7, 11) is 1.54. The van der Waals surface area contributed by atoms with E-state index in [-0.39, 0.29) is 23.7 Å². The summed E-state index contributed by atoms with van der Waals surface area (Å²) in [5.74, 6) is 0.860. The number of halogens is 1. The Kier molecular flexibility index (Phi) is 7.80. The van der Waals surface area contributed by atoms with Crippen molar-refractivity contribution in [1.82, 2.24) is 15.2 Å². The first-order chi connectivity index (χ1) is 14.5. The Morgan fingerprint density at radius 1 is 1.33 bits per heavy atom. The molecule has 2 atom stereocenters. The summed E-state index contributed by atoms with van der Waals surface area (Å²) in [5, 5.41) is 3.23. The molecular formula is C24H32FN3O2. The summed E-state index contributed by atoms with van der Waals surface area (Å²) in [6.07, 6.45) is 4.28. The van der Waals surface area contributed by atoms with Gasteiger partial charge in [0, 0.05) is 37.3 Å². The van der Waals surface area contributed by atoms with Crippen LogP contribution < -0.4 is 10.1 Å². The Labute approximate surface area is 178 Å². The smallest absolute Gasteiger partial charge is 0.220 e. The molecule has 1 aromatic carbocycles. The first kappa shape index (κ1) is 22.2. The fourth-order valence-electron chi connectivity index (χ4n) is 4.13. The summed E-state index contributed by atoms with van der Waals surface area (Å²) in [6, 6.07) is 10.7. The number of nitrogens with zero attached hydrogens (tertiary/aromatic N) is 2. The molecule has 0 saturated carbocycles. The zero-order valence-corrected chi connectivity index (χ0v) is 18.1. The molecule has 6 heteroatoms. The molecule has 1 amide bonds. The molecule has 0 bridgehead atoms. The first-order valence-corrected chi connectivity index (χ1v) is 10.7. The van der Waals surface area contributed by atoms with E-state index in [4.69, 9.17) is 4.74 Å². The van der Waals surface area contributed by atoms with Gasteiger partial charge in [-0.25, -0.2) is 4.39 Å². The van der Waals surface area contributed by atoms with Gasteiger partial charge in [-0.2, -0.15) is 0 Å². The Morgan fingerprint density at radius 3 is 2.83 bits per heavy atom. The first-order valence-electron chi connectivity index (χ1n) is 10.7. The van der Waals surface area contributed by atoms with E-state index in [0.29, 0.717) is 30.2 Å². The minimum Gasteiger partial charge on any atom is -0.497 e. The lowest BCUT2D eigenvalue weighted by molar-refractivity contribution is -0.123. The predicted molar refractivity (Wildman–Crippen MR) is 116 cm³/mol. The highest BCUT2D eigenvalue weighted by molar-refractivity contribution is 5.76. The van der Waals surface area contributed by atoms with Crippen molar-refractivity contribution in [3.05, 3.63) is 59.7 Å². The van der Waals surface area contributed by atoms with E-state index in [1.54, 1.807) is 18.3 Å².